The minimum Gasteiger partial charge on any atom is -0.322 e. The van der Waals surface area contributed by atoms with E-state index in [2.05, 4.69) is 37.4 Å². The lowest BCUT2D eigenvalue weighted by Gasteiger charge is -2.28. The van der Waals surface area contributed by atoms with Gasteiger partial charge >= 0.3 is 0 Å². The van der Waals surface area contributed by atoms with Gasteiger partial charge in [-0.3, -0.25) is 0 Å². The highest BCUT2D eigenvalue weighted by atomic mass is 35.5. The number of halogens is 2. The van der Waals surface area contributed by atoms with Crippen LogP contribution in [0.15, 0.2) is 18.2 Å². The molecule has 1 heterocycles. The number of rotatable bonds is 6. The van der Waals surface area contributed by atoms with Gasteiger partial charge in [0.05, 0.1) is 22.1 Å². The molecular formula is C16H23Cl2N3. The third kappa shape index (κ3) is 3.53. The fourth-order valence-corrected chi connectivity index (χ4v) is 3.17. The van der Waals surface area contributed by atoms with Gasteiger partial charge in [-0.15, -0.1) is 11.6 Å². The molecule has 5 heteroatoms. The summed E-state index contributed by atoms with van der Waals surface area (Å²) >= 11 is 12.4. The molecule has 0 bridgehead atoms. The van der Waals surface area contributed by atoms with Gasteiger partial charge in [-0.1, -0.05) is 31.5 Å². The van der Waals surface area contributed by atoms with E-state index in [4.69, 9.17) is 28.2 Å². The lowest BCUT2D eigenvalue weighted by molar-refractivity contribution is 0.269. The largest absolute Gasteiger partial charge is 0.322 e. The van der Waals surface area contributed by atoms with E-state index in [0.29, 0.717) is 17.8 Å². The second-order valence-electron chi connectivity index (χ2n) is 6.02. The van der Waals surface area contributed by atoms with Gasteiger partial charge in [0.2, 0.25) is 0 Å². The number of hydrogen-bond donors (Lipinski definition) is 0. The molecule has 0 N–H and O–H groups in total. The van der Waals surface area contributed by atoms with Gasteiger partial charge < -0.3 is 9.47 Å². The molecule has 0 aliphatic rings. The van der Waals surface area contributed by atoms with Crippen LogP contribution in [0.4, 0.5) is 0 Å². The summed E-state index contributed by atoms with van der Waals surface area (Å²) in [6.45, 7) is 5.42. The van der Waals surface area contributed by atoms with Crippen LogP contribution in [0.5, 0.6) is 0 Å². The first-order valence-electron chi connectivity index (χ1n) is 7.31. The summed E-state index contributed by atoms with van der Waals surface area (Å²) in [6.07, 6.45) is 0.753. The summed E-state index contributed by atoms with van der Waals surface area (Å²) in [5, 5.41) is 0.755. The minimum absolute atomic E-state index is 0.322. The zero-order chi connectivity index (χ0) is 15.6. The number of nitrogens with zero attached hydrogens (tertiary/aromatic N) is 3. The lowest BCUT2D eigenvalue weighted by atomic mass is 10.0. The third-order valence-corrected chi connectivity index (χ3v) is 4.20. The van der Waals surface area contributed by atoms with Gasteiger partial charge in [0.15, 0.2) is 0 Å². The molecule has 0 saturated heterocycles. The van der Waals surface area contributed by atoms with Gasteiger partial charge in [0.1, 0.15) is 5.82 Å². The van der Waals surface area contributed by atoms with Crippen LogP contribution in [0.3, 0.4) is 0 Å². The molecule has 1 aromatic carbocycles. The zero-order valence-corrected chi connectivity index (χ0v) is 14.6. The molecule has 21 heavy (non-hydrogen) atoms. The highest BCUT2D eigenvalue weighted by Gasteiger charge is 2.23. The van der Waals surface area contributed by atoms with Crippen LogP contribution in [0.25, 0.3) is 11.0 Å². The van der Waals surface area contributed by atoms with Crippen LogP contribution in [-0.4, -0.2) is 41.0 Å². The van der Waals surface area contributed by atoms with Crippen molar-refractivity contribution in [3.8, 4) is 0 Å². The summed E-state index contributed by atoms with van der Waals surface area (Å²) < 4.78 is 2.30. The van der Waals surface area contributed by atoms with Crippen LogP contribution in [0.1, 0.15) is 25.7 Å². The predicted molar refractivity (Wildman–Crippen MR) is 91.6 cm³/mol. The van der Waals surface area contributed by atoms with Crippen LogP contribution in [0, 0.1) is 5.92 Å². The van der Waals surface area contributed by atoms with E-state index >= 15 is 0 Å². The molecule has 116 valence electrons. The first kappa shape index (κ1) is 16.6. The number of imidazole rings is 1. The molecule has 2 rings (SSSR count). The fourth-order valence-electron chi connectivity index (χ4n) is 2.74. The van der Waals surface area contributed by atoms with E-state index in [9.17, 15) is 0 Å². The number of benzene rings is 1. The molecular weight excluding hydrogens is 305 g/mol. The summed E-state index contributed by atoms with van der Waals surface area (Å²) in [5.74, 6) is 2.07. The number of aromatic nitrogens is 2. The van der Waals surface area contributed by atoms with E-state index < -0.39 is 0 Å². The normalized spacial score (nSPS) is 13.5. The number of hydrogen-bond acceptors (Lipinski definition) is 2. The van der Waals surface area contributed by atoms with Crippen molar-refractivity contribution in [3.63, 3.8) is 0 Å². The van der Waals surface area contributed by atoms with E-state index in [1.807, 2.05) is 18.2 Å². The van der Waals surface area contributed by atoms with Crippen molar-refractivity contribution in [1.82, 2.24) is 14.5 Å². The molecule has 0 aliphatic heterocycles. The quantitative estimate of drug-likeness (QED) is 0.740. The number of para-hydroxylation sites is 1. The summed E-state index contributed by atoms with van der Waals surface area (Å²) in [5.41, 5.74) is 1.98. The van der Waals surface area contributed by atoms with E-state index in [1.54, 1.807) is 0 Å². The van der Waals surface area contributed by atoms with Gasteiger partial charge in [0, 0.05) is 18.8 Å². The average molecular weight is 328 g/mol. The SMILES string of the molecule is CC(C)C(CN(C)C)n1c(CCCl)nc2cccc(Cl)c21. The van der Waals surface area contributed by atoms with Crippen molar-refractivity contribution < 1.29 is 0 Å². The predicted octanol–water partition coefficient (Wildman–Crippen LogP) is 4.23. The van der Waals surface area contributed by atoms with E-state index in [1.165, 1.54) is 0 Å². The van der Waals surface area contributed by atoms with Crippen LogP contribution < -0.4 is 0 Å². The molecule has 0 saturated carbocycles. The Labute approximate surface area is 136 Å². The van der Waals surface area contributed by atoms with Crippen LogP contribution in [0.2, 0.25) is 5.02 Å². The molecule has 3 nitrogen and oxygen atoms in total. The van der Waals surface area contributed by atoms with Gasteiger partial charge in [-0.05, 0) is 32.1 Å². The summed E-state index contributed by atoms with van der Waals surface area (Å²) in [7, 11) is 4.19. The van der Waals surface area contributed by atoms with E-state index in [0.717, 1.165) is 34.8 Å². The first-order chi connectivity index (χ1) is 9.95. The molecule has 0 spiro atoms. The lowest BCUT2D eigenvalue weighted by Crippen LogP contribution is -2.29. The Hall–Kier alpha value is -0.770. The highest BCUT2D eigenvalue weighted by Crippen LogP contribution is 2.31. The van der Waals surface area contributed by atoms with E-state index in [-0.39, 0.29) is 0 Å². The van der Waals surface area contributed by atoms with Gasteiger partial charge in [-0.2, -0.15) is 0 Å². The molecule has 0 aliphatic carbocycles. The number of aryl methyl sites for hydroxylation is 1. The Morgan fingerprint density at radius 2 is 2.00 bits per heavy atom. The fraction of sp³-hybridized carbons (Fsp3) is 0.562. The standard InChI is InChI=1S/C16H23Cl2N3/c1-11(2)14(10-20(3)4)21-15(8-9-17)19-13-7-5-6-12(18)16(13)21/h5-7,11,14H,8-10H2,1-4H3. The van der Waals surface area contributed by atoms with Crippen molar-refractivity contribution in [2.45, 2.75) is 26.3 Å². The van der Waals surface area contributed by atoms with Crippen LogP contribution in [-0.2, 0) is 6.42 Å². The monoisotopic (exact) mass is 327 g/mol. The zero-order valence-electron chi connectivity index (χ0n) is 13.1. The summed E-state index contributed by atoms with van der Waals surface area (Å²) in [6, 6.07) is 6.22. The van der Waals surface area contributed by atoms with Crippen molar-refractivity contribution in [2.75, 3.05) is 26.5 Å². The highest BCUT2D eigenvalue weighted by molar-refractivity contribution is 6.35. The minimum atomic E-state index is 0.322. The molecule has 0 fully saturated rings. The number of alkyl halides is 1. The maximum Gasteiger partial charge on any atom is 0.111 e. The Morgan fingerprint density at radius 1 is 1.29 bits per heavy atom. The smallest absolute Gasteiger partial charge is 0.111 e. The second kappa shape index (κ2) is 6.99. The molecule has 0 amide bonds. The van der Waals surface area contributed by atoms with Crippen LogP contribution >= 0.6 is 23.2 Å². The maximum atomic E-state index is 6.45. The maximum absolute atomic E-state index is 6.45. The van der Waals surface area contributed by atoms with Crippen molar-refractivity contribution in [2.24, 2.45) is 5.92 Å². The van der Waals surface area contributed by atoms with Crippen molar-refractivity contribution >= 4 is 34.2 Å². The Morgan fingerprint density at radius 3 is 2.57 bits per heavy atom. The van der Waals surface area contributed by atoms with Crippen molar-refractivity contribution in [1.29, 1.82) is 0 Å². The molecule has 0 radical (unpaired) electrons. The summed E-state index contributed by atoms with van der Waals surface area (Å²) in [4.78, 5) is 6.96. The van der Waals surface area contributed by atoms with Gasteiger partial charge in [0.25, 0.3) is 0 Å². The molecule has 2 aromatic rings. The third-order valence-electron chi connectivity index (χ3n) is 3.71. The second-order valence-corrected chi connectivity index (χ2v) is 6.80. The molecule has 1 atom stereocenters. The first-order valence-corrected chi connectivity index (χ1v) is 8.23. The number of likely N-dealkylation sites (N-methyl/N-ethyl adjacent to an activating group) is 1. The number of fused-ring (bicyclic) bond motifs is 1. The Bertz CT molecular complexity index is 605. The topological polar surface area (TPSA) is 21.1 Å². The van der Waals surface area contributed by atoms with Crippen molar-refractivity contribution in [3.05, 3.63) is 29.0 Å². The van der Waals surface area contributed by atoms with Gasteiger partial charge in [-0.25, -0.2) is 4.98 Å². The molecule has 1 unspecified atom stereocenters. The Balaban J connectivity index is 2.64. The Kier molecular flexibility index (Phi) is 5.53. The average Bonchev–Trinajstić information content (AvgIpc) is 2.75. The molecule has 1 aromatic heterocycles.